The predicted octanol–water partition coefficient (Wildman–Crippen LogP) is 3.32. The molecule has 1 aromatic carbocycles. The zero-order valence-corrected chi connectivity index (χ0v) is 12.1. The van der Waals surface area contributed by atoms with E-state index in [0.717, 1.165) is 4.47 Å². The molecule has 0 fully saturated rings. The van der Waals surface area contributed by atoms with E-state index in [0.29, 0.717) is 10.6 Å². The average molecular weight is 380 g/mol. The van der Waals surface area contributed by atoms with Crippen molar-refractivity contribution in [3.05, 3.63) is 42.5 Å². The normalized spacial score (nSPS) is 10.5. The highest BCUT2D eigenvalue weighted by molar-refractivity contribution is 9.10. The van der Waals surface area contributed by atoms with Gasteiger partial charge in [0, 0.05) is 10.0 Å². The summed E-state index contributed by atoms with van der Waals surface area (Å²) in [5.41, 5.74) is 0.0597. The summed E-state index contributed by atoms with van der Waals surface area (Å²) < 4.78 is 0.786. The molecule has 0 spiro atoms. The fourth-order valence-corrected chi connectivity index (χ4v) is 2.01. The molecule has 2 N–H and O–H groups in total. The number of hydrogen-bond donors (Lipinski definition) is 2. The molecule has 1 aromatic heterocycles. The van der Waals surface area contributed by atoms with Crippen LogP contribution in [0.2, 0.25) is 5.02 Å². The lowest BCUT2D eigenvalue weighted by molar-refractivity contribution is 0.448. The number of aromatic hydroxyl groups is 1. The van der Waals surface area contributed by atoms with Gasteiger partial charge >= 0.3 is 0 Å². The highest BCUT2D eigenvalue weighted by Crippen LogP contribution is 2.29. The average Bonchev–Trinajstić information content (AvgIpc) is 2.28. The fraction of sp³-hybridized carbons (Fsp3) is 0. The number of aromatic nitrogens is 2. The SMILES string of the molecule is O=c1[nH]c(-c2cc(Br)ccc2Cl)nc(O)c1Br. The first kappa shape index (κ1) is 12.6. The Bertz CT molecular complexity index is 643. The number of nitrogens with zero attached hydrogens (tertiary/aromatic N) is 1. The van der Waals surface area contributed by atoms with Gasteiger partial charge in [-0.05, 0) is 34.1 Å². The maximum Gasteiger partial charge on any atom is 0.269 e. The zero-order valence-electron chi connectivity index (χ0n) is 8.17. The van der Waals surface area contributed by atoms with Crippen LogP contribution < -0.4 is 5.56 Å². The summed E-state index contributed by atoms with van der Waals surface area (Å²) >= 11 is 12.2. The molecule has 88 valence electrons. The summed E-state index contributed by atoms with van der Waals surface area (Å²) in [6, 6.07) is 5.14. The van der Waals surface area contributed by atoms with Gasteiger partial charge in [-0.15, -0.1) is 0 Å². The topological polar surface area (TPSA) is 66.0 Å². The van der Waals surface area contributed by atoms with Crippen LogP contribution in [0.4, 0.5) is 0 Å². The van der Waals surface area contributed by atoms with Crippen molar-refractivity contribution < 1.29 is 5.11 Å². The second kappa shape index (κ2) is 4.80. The van der Waals surface area contributed by atoms with E-state index >= 15 is 0 Å². The summed E-state index contributed by atoms with van der Waals surface area (Å²) in [6.45, 7) is 0. The fourth-order valence-electron chi connectivity index (χ4n) is 1.25. The first-order valence-electron chi connectivity index (χ1n) is 4.43. The summed E-state index contributed by atoms with van der Waals surface area (Å²) in [4.78, 5) is 17.8. The minimum Gasteiger partial charge on any atom is -0.492 e. The highest BCUT2D eigenvalue weighted by atomic mass is 79.9. The number of H-pyrrole nitrogens is 1. The molecule has 0 aliphatic carbocycles. The van der Waals surface area contributed by atoms with Gasteiger partial charge in [-0.3, -0.25) is 4.79 Å². The highest BCUT2D eigenvalue weighted by Gasteiger charge is 2.11. The molecule has 4 nitrogen and oxygen atoms in total. The third kappa shape index (κ3) is 2.53. The van der Waals surface area contributed by atoms with Crippen molar-refractivity contribution in [2.24, 2.45) is 0 Å². The van der Waals surface area contributed by atoms with Gasteiger partial charge in [0.15, 0.2) is 0 Å². The quantitative estimate of drug-likeness (QED) is 0.798. The van der Waals surface area contributed by atoms with Gasteiger partial charge < -0.3 is 10.1 Å². The van der Waals surface area contributed by atoms with E-state index < -0.39 is 5.56 Å². The Morgan fingerprint density at radius 2 is 2.06 bits per heavy atom. The van der Waals surface area contributed by atoms with Crippen LogP contribution in [0.1, 0.15) is 0 Å². The smallest absolute Gasteiger partial charge is 0.269 e. The number of hydrogen-bond acceptors (Lipinski definition) is 3. The first-order chi connectivity index (χ1) is 7.99. The number of aromatic amines is 1. The molecule has 2 aromatic rings. The van der Waals surface area contributed by atoms with Gasteiger partial charge in [0.1, 0.15) is 10.3 Å². The van der Waals surface area contributed by atoms with Crippen LogP contribution in [0.5, 0.6) is 5.88 Å². The Morgan fingerprint density at radius 1 is 1.35 bits per heavy atom. The molecule has 0 amide bonds. The molecule has 2 rings (SSSR count). The van der Waals surface area contributed by atoms with Crippen molar-refractivity contribution in [3.63, 3.8) is 0 Å². The van der Waals surface area contributed by atoms with Gasteiger partial charge in [0.05, 0.1) is 5.02 Å². The van der Waals surface area contributed by atoms with Crippen molar-refractivity contribution >= 4 is 43.5 Å². The molecule has 0 bridgehead atoms. The van der Waals surface area contributed by atoms with Crippen molar-refractivity contribution in [3.8, 4) is 17.3 Å². The Labute approximate surface area is 118 Å². The van der Waals surface area contributed by atoms with Crippen molar-refractivity contribution in [2.75, 3.05) is 0 Å². The molecule has 0 atom stereocenters. The predicted molar refractivity (Wildman–Crippen MR) is 72.4 cm³/mol. The Kier molecular flexibility index (Phi) is 3.56. The van der Waals surface area contributed by atoms with E-state index in [1.54, 1.807) is 18.2 Å². The summed E-state index contributed by atoms with van der Waals surface area (Å²) in [5, 5.41) is 9.90. The monoisotopic (exact) mass is 378 g/mol. The second-order valence-corrected chi connectivity index (χ2v) is 5.29. The zero-order chi connectivity index (χ0) is 12.6. The molecule has 0 saturated heterocycles. The van der Waals surface area contributed by atoms with Crippen LogP contribution in [0, 0.1) is 0 Å². The number of nitrogens with one attached hydrogen (secondary N) is 1. The minimum absolute atomic E-state index is 0.00707. The summed E-state index contributed by atoms with van der Waals surface area (Å²) in [6.07, 6.45) is 0. The molecule has 0 unspecified atom stereocenters. The lowest BCUT2D eigenvalue weighted by atomic mass is 10.2. The number of halogens is 3. The lowest BCUT2D eigenvalue weighted by Crippen LogP contribution is -2.09. The molecule has 17 heavy (non-hydrogen) atoms. The van der Waals surface area contributed by atoms with E-state index in [1.807, 2.05) is 0 Å². The molecule has 0 aliphatic rings. The summed E-state index contributed by atoms with van der Waals surface area (Å²) in [5.74, 6) is -0.165. The van der Waals surface area contributed by atoms with Gasteiger partial charge in [0.25, 0.3) is 5.56 Å². The summed E-state index contributed by atoms with van der Waals surface area (Å²) in [7, 11) is 0. The Morgan fingerprint density at radius 3 is 2.71 bits per heavy atom. The molecule has 0 radical (unpaired) electrons. The van der Waals surface area contributed by atoms with Crippen LogP contribution in [-0.2, 0) is 0 Å². The van der Waals surface area contributed by atoms with Crippen molar-refractivity contribution in [2.45, 2.75) is 0 Å². The van der Waals surface area contributed by atoms with Gasteiger partial charge in [-0.1, -0.05) is 27.5 Å². The van der Waals surface area contributed by atoms with Crippen molar-refractivity contribution in [1.82, 2.24) is 9.97 Å². The van der Waals surface area contributed by atoms with Crippen LogP contribution in [-0.4, -0.2) is 15.1 Å². The van der Waals surface area contributed by atoms with E-state index in [-0.39, 0.29) is 16.2 Å². The van der Waals surface area contributed by atoms with Crippen LogP contribution in [0.15, 0.2) is 31.9 Å². The van der Waals surface area contributed by atoms with E-state index in [4.69, 9.17) is 11.6 Å². The van der Waals surface area contributed by atoms with Gasteiger partial charge in [-0.2, -0.15) is 4.98 Å². The van der Waals surface area contributed by atoms with E-state index in [2.05, 4.69) is 41.8 Å². The minimum atomic E-state index is -0.469. The lowest BCUT2D eigenvalue weighted by Gasteiger charge is -2.05. The van der Waals surface area contributed by atoms with Gasteiger partial charge in [-0.25, -0.2) is 0 Å². The maximum atomic E-state index is 11.5. The molecular weight excluding hydrogens is 375 g/mol. The molecule has 7 heteroatoms. The molecule has 0 saturated carbocycles. The van der Waals surface area contributed by atoms with E-state index in [9.17, 15) is 9.90 Å². The second-order valence-electron chi connectivity index (χ2n) is 3.18. The standard InChI is InChI=1S/C10H5Br2ClN2O2/c11-4-1-2-6(13)5(3-4)8-14-9(16)7(12)10(17)15-8/h1-3H,(H2,14,15,16,17). The molecular formula is C10H5Br2ClN2O2. The Hall–Kier alpha value is -0.850. The van der Waals surface area contributed by atoms with Crippen molar-refractivity contribution in [1.29, 1.82) is 0 Å². The molecule has 0 aliphatic heterocycles. The third-order valence-corrected chi connectivity index (χ3v) is 3.57. The van der Waals surface area contributed by atoms with Crippen LogP contribution in [0.3, 0.4) is 0 Å². The Balaban J connectivity index is 2.69. The van der Waals surface area contributed by atoms with Crippen LogP contribution in [0.25, 0.3) is 11.4 Å². The van der Waals surface area contributed by atoms with Crippen LogP contribution >= 0.6 is 43.5 Å². The maximum absolute atomic E-state index is 11.5. The van der Waals surface area contributed by atoms with Gasteiger partial charge in [0.2, 0.25) is 5.88 Å². The number of rotatable bonds is 1. The number of benzene rings is 1. The third-order valence-electron chi connectivity index (χ3n) is 2.03. The van der Waals surface area contributed by atoms with E-state index in [1.165, 1.54) is 0 Å². The largest absolute Gasteiger partial charge is 0.492 e. The first-order valence-corrected chi connectivity index (χ1v) is 6.39. The molecule has 1 heterocycles.